The Morgan fingerprint density at radius 1 is 1.16 bits per heavy atom. The van der Waals surface area contributed by atoms with E-state index in [1.54, 1.807) is 6.92 Å². The van der Waals surface area contributed by atoms with Gasteiger partial charge in [0, 0.05) is 25.3 Å². The molecule has 13 heteroatoms. The molecule has 0 saturated carbocycles. The van der Waals surface area contributed by atoms with Crippen molar-refractivity contribution in [2.75, 3.05) is 6.54 Å². The molecule has 1 aromatic heterocycles. The van der Waals surface area contributed by atoms with Gasteiger partial charge in [0.05, 0.1) is 5.69 Å². The molecule has 38 heavy (non-hydrogen) atoms. The summed E-state index contributed by atoms with van der Waals surface area (Å²) in [6.45, 7) is 3.57. The summed E-state index contributed by atoms with van der Waals surface area (Å²) in [7, 11) is 0. The molecule has 206 valence electrons. The van der Waals surface area contributed by atoms with Crippen LogP contribution in [-0.4, -0.2) is 73.8 Å². The van der Waals surface area contributed by atoms with Gasteiger partial charge in [-0.25, -0.2) is 4.68 Å². The standard InChI is InChI=1S/C24H33N5O6.CO2/c1-3-8-17-19(22(25)33)27-28-29(17)24-21(32)20(31)18(35-24)13-26-23(34)15(12-16(30)4-2)11-14-9-6-5-7-10-14;2-1-3/h5-7,9-10,15,18,20-21,24,31-32H,3-4,8,11-13H2,1-2H3,(H2,25,33)(H,26,34);/t15-,18-,20-,21-,24-;/m1./s1. The molecule has 1 saturated heterocycles. The lowest BCUT2D eigenvalue weighted by Crippen LogP contribution is -2.42. The lowest BCUT2D eigenvalue weighted by atomic mass is 9.92. The highest BCUT2D eigenvalue weighted by molar-refractivity contribution is 5.91. The second-order valence-electron chi connectivity index (χ2n) is 8.80. The molecular formula is C25H33N5O8. The van der Waals surface area contributed by atoms with Gasteiger partial charge in [-0.3, -0.25) is 14.4 Å². The number of carbonyl (C=O) groups excluding carboxylic acids is 5. The fourth-order valence-electron chi connectivity index (χ4n) is 4.20. The fraction of sp³-hybridized carbons (Fsp3) is 0.520. The molecule has 1 aliphatic heterocycles. The van der Waals surface area contributed by atoms with E-state index in [1.165, 1.54) is 4.68 Å². The van der Waals surface area contributed by atoms with Crippen molar-refractivity contribution < 1.29 is 38.9 Å². The molecule has 3 rings (SSSR count). The van der Waals surface area contributed by atoms with Gasteiger partial charge in [0.25, 0.3) is 5.91 Å². The number of ketones is 1. The van der Waals surface area contributed by atoms with E-state index < -0.39 is 36.4 Å². The Hall–Kier alpha value is -3.77. The number of carbonyl (C=O) groups is 3. The first-order chi connectivity index (χ1) is 18.2. The third kappa shape index (κ3) is 7.86. The zero-order valence-corrected chi connectivity index (χ0v) is 21.3. The van der Waals surface area contributed by atoms with E-state index in [2.05, 4.69) is 15.6 Å². The number of hydrogen-bond donors (Lipinski definition) is 4. The van der Waals surface area contributed by atoms with Gasteiger partial charge in [-0.05, 0) is 18.4 Å². The molecule has 2 heterocycles. The number of nitrogens with one attached hydrogen (secondary N) is 1. The topological polar surface area (TPSA) is 204 Å². The molecule has 1 aromatic carbocycles. The van der Waals surface area contributed by atoms with Crippen LogP contribution in [0.1, 0.15) is 61.1 Å². The Morgan fingerprint density at radius 2 is 1.82 bits per heavy atom. The van der Waals surface area contributed by atoms with E-state index in [1.807, 2.05) is 37.3 Å². The Balaban J connectivity index is 0.00000161. The number of aliphatic hydroxyl groups excluding tert-OH is 2. The summed E-state index contributed by atoms with van der Waals surface area (Å²) in [6, 6.07) is 9.42. The molecule has 13 nitrogen and oxygen atoms in total. The number of ether oxygens (including phenoxy) is 1. The normalized spacial score (nSPS) is 21.1. The van der Waals surface area contributed by atoms with Crippen molar-refractivity contribution in [3.8, 4) is 0 Å². The van der Waals surface area contributed by atoms with Crippen molar-refractivity contribution in [3.63, 3.8) is 0 Å². The van der Waals surface area contributed by atoms with Crippen LogP contribution in [0.15, 0.2) is 30.3 Å². The lowest BCUT2D eigenvalue weighted by Gasteiger charge is -2.20. The number of nitrogens with two attached hydrogens (primary N) is 1. The van der Waals surface area contributed by atoms with Gasteiger partial charge < -0.3 is 26.0 Å². The summed E-state index contributed by atoms with van der Waals surface area (Å²) < 4.78 is 7.09. The van der Waals surface area contributed by atoms with Crippen LogP contribution in [0, 0.1) is 5.92 Å². The first-order valence-electron chi connectivity index (χ1n) is 12.3. The fourth-order valence-corrected chi connectivity index (χ4v) is 4.20. The molecular weight excluding hydrogens is 498 g/mol. The molecule has 2 aromatic rings. The van der Waals surface area contributed by atoms with Crippen LogP contribution < -0.4 is 11.1 Å². The highest BCUT2D eigenvalue weighted by atomic mass is 16.6. The third-order valence-corrected chi connectivity index (χ3v) is 6.13. The summed E-state index contributed by atoms with van der Waals surface area (Å²) in [6.07, 6.45) is -2.55. The van der Waals surface area contributed by atoms with E-state index in [0.717, 1.165) is 5.56 Å². The molecule has 5 N–H and O–H groups in total. The second kappa shape index (κ2) is 14.8. The van der Waals surface area contributed by atoms with Crippen LogP contribution >= 0.6 is 0 Å². The van der Waals surface area contributed by atoms with Crippen LogP contribution in [0.3, 0.4) is 0 Å². The minimum Gasteiger partial charge on any atom is -0.387 e. The minimum absolute atomic E-state index is 0.0155. The molecule has 0 aliphatic carbocycles. The van der Waals surface area contributed by atoms with Gasteiger partial charge in [0.15, 0.2) is 11.9 Å². The molecule has 0 spiro atoms. The van der Waals surface area contributed by atoms with Gasteiger partial charge in [0.2, 0.25) is 5.91 Å². The van der Waals surface area contributed by atoms with Gasteiger partial charge in [-0.2, -0.15) is 9.59 Å². The number of nitrogens with zero attached hydrogens (tertiary/aromatic N) is 3. The maximum absolute atomic E-state index is 13.0. The maximum Gasteiger partial charge on any atom is 0.373 e. The minimum atomic E-state index is -1.36. The number of amides is 2. The Labute approximate surface area is 219 Å². The zero-order chi connectivity index (χ0) is 28.2. The predicted octanol–water partition coefficient (Wildman–Crippen LogP) is -0.290. The van der Waals surface area contributed by atoms with Crippen molar-refractivity contribution in [2.45, 2.75) is 70.5 Å². The number of benzene rings is 1. The van der Waals surface area contributed by atoms with Gasteiger partial charge in [-0.1, -0.05) is 55.8 Å². The monoisotopic (exact) mass is 531 g/mol. The summed E-state index contributed by atoms with van der Waals surface area (Å²) >= 11 is 0. The number of Topliss-reactive ketones (excluding diaryl/α,β-unsaturated/α-hetero) is 1. The maximum atomic E-state index is 13.0. The highest BCUT2D eigenvalue weighted by Gasteiger charge is 2.45. The van der Waals surface area contributed by atoms with Crippen molar-refractivity contribution in [1.29, 1.82) is 0 Å². The van der Waals surface area contributed by atoms with E-state index in [0.29, 0.717) is 31.4 Å². The summed E-state index contributed by atoms with van der Waals surface area (Å²) in [4.78, 5) is 53.0. The highest BCUT2D eigenvalue weighted by Crippen LogP contribution is 2.30. The molecule has 1 aliphatic rings. The number of rotatable bonds is 12. The van der Waals surface area contributed by atoms with Gasteiger partial charge in [-0.15, -0.1) is 5.10 Å². The lowest BCUT2D eigenvalue weighted by molar-refractivity contribution is -0.191. The molecule has 1 fully saturated rings. The Kier molecular flexibility index (Phi) is 11.9. The van der Waals surface area contributed by atoms with Gasteiger partial charge in [0.1, 0.15) is 24.1 Å². The molecule has 0 bridgehead atoms. The summed E-state index contributed by atoms with van der Waals surface area (Å²) in [5.41, 5.74) is 6.70. The third-order valence-electron chi connectivity index (χ3n) is 6.13. The molecule has 0 radical (unpaired) electrons. The Bertz CT molecular complexity index is 1120. The van der Waals surface area contributed by atoms with E-state index in [9.17, 15) is 24.6 Å². The van der Waals surface area contributed by atoms with Crippen LogP contribution in [0.5, 0.6) is 0 Å². The zero-order valence-electron chi connectivity index (χ0n) is 21.3. The van der Waals surface area contributed by atoms with Crippen LogP contribution in [0.2, 0.25) is 0 Å². The van der Waals surface area contributed by atoms with Gasteiger partial charge >= 0.3 is 6.15 Å². The van der Waals surface area contributed by atoms with Crippen molar-refractivity contribution >= 4 is 23.7 Å². The first-order valence-corrected chi connectivity index (χ1v) is 12.3. The van der Waals surface area contributed by atoms with Crippen molar-refractivity contribution in [2.24, 2.45) is 11.7 Å². The second-order valence-corrected chi connectivity index (χ2v) is 8.80. The molecule has 0 unspecified atom stereocenters. The SMILES string of the molecule is CCCc1c(C(N)=O)nnn1[C@@H]1O[C@H](CNC(=O)[C@@H](CC(=O)CC)Cc2ccccc2)[C@@H](O)[C@H]1O.O=C=O. The van der Waals surface area contributed by atoms with Crippen LogP contribution in [0.25, 0.3) is 0 Å². The number of primary amides is 1. The largest absolute Gasteiger partial charge is 0.387 e. The first kappa shape index (κ1) is 30.5. The number of hydrogen-bond acceptors (Lipinski definition) is 10. The predicted molar refractivity (Wildman–Crippen MR) is 130 cm³/mol. The number of aliphatic hydroxyl groups is 2. The average Bonchev–Trinajstić information content (AvgIpc) is 3.44. The van der Waals surface area contributed by atoms with E-state index in [-0.39, 0.29) is 36.5 Å². The van der Waals surface area contributed by atoms with Crippen LogP contribution in [0.4, 0.5) is 0 Å². The number of aromatic nitrogens is 3. The van der Waals surface area contributed by atoms with Crippen molar-refractivity contribution in [1.82, 2.24) is 20.3 Å². The van der Waals surface area contributed by atoms with E-state index in [4.69, 9.17) is 20.1 Å². The van der Waals surface area contributed by atoms with Crippen molar-refractivity contribution in [3.05, 3.63) is 47.3 Å². The van der Waals surface area contributed by atoms with Crippen LogP contribution in [-0.2, 0) is 36.8 Å². The van der Waals surface area contributed by atoms with E-state index >= 15 is 0 Å². The quantitative estimate of drug-likeness (QED) is 0.282. The smallest absolute Gasteiger partial charge is 0.373 e. The summed E-state index contributed by atoms with van der Waals surface area (Å²) in [5, 5.41) is 31.6. The Morgan fingerprint density at radius 3 is 2.39 bits per heavy atom. The summed E-state index contributed by atoms with van der Waals surface area (Å²) in [5.74, 6) is -1.68. The molecule has 5 atom stereocenters. The average molecular weight is 532 g/mol. The molecule has 2 amide bonds.